The Bertz CT molecular complexity index is 313. The predicted molar refractivity (Wildman–Crippen MR) is 62.5 cm³/mol. The van der Waals surface area contributed by atoms with Gasteiger partial charge in [-0.2, -0.15) is 0 Å². The average Bonchev–Trinajstić information content (AvgIpc) is 2.34. The van der Waals surface area contributed by atoms with Gasteiger partial charge in [0, 0.05) is 0 Å². The Balaban J connectivity index is 2.20. The molecule has 1 aromatic rings. The molecule has 0 heterocycles. The highest BCUT2D eigenvalue weighted by molar-refractivity contribution is 6.20. The van der Waals surface area contributed by atoms with Crippen LogP contribution in [-0.4, -0.2) is 18.1 Å². The first-order valence-electron chi connectivity index (χ1n) is 5.20. The summed E-state index contributed by atoms with van der Waals surface area (Å²) in [5, 5.41) is -0.149. The van der Waals surface area contributed by atoms with E-state index >= 15 is 0 Å². The zero-order valence-corrected chi connectivity index (χ0v) is 9.94. The molecule has 0 saturated carbocycles. The van der Waals surface area contributed by atoms with E-state index in [1.54, 1.807) is 0 Å². The van der Waals surface area contributed by atoms with Crippen molar-refractivity contribution < 1.29 is 14.3 Å². The van der Waals surface area contributed by atoms with Gasteiger partial charge in [0.15, 0.2) is 0 Å². The van der Waals surface area contributed by atoms with Crippen molar-refractivity contribution in [2.24, 2.45) is 0 Å². The van der Waals surface area contributed by atoms with E-state index in [1.807, 2.05) is 37.3 Å². The Morgan fingerprint density at radius 1 is 1.31 bits per heavy atom. The molecule has 0 aliphatic carbocycles. The highest BCUT2D eigenvalue weighted by Gasteiger charge is 2.08. The maximum Gasteiger partial charge on any atom is 0.508 e. The normalized spacial score (nSPS) is 11.9. The minimum Gasteiger partial charge on any atom is -0.433 e. The van der Waals surface area contributed by atoms with Crippen LogP contribution in [0.4, 0.5) is 4.79 Å². The van der Waals surface area contributed by atoms with Crippen molar-refractivity contribution in [1.29, 1.82) is 0 Å². The molecule has 0 N–H and O–H groups in total. The topological polar surface area (TPSA) is 35.5 Å². The number of hydrogen-bond donors (Lipinski definition) is 0. The Hall–Kier alpha value is -1.22. The number of carbonyl (C=O) groups is 1. The van der Waals surface area contributed by atoms with E-state index in [1.165, 1.54) is 0 Å². The zero-order valence-electron chi connectivity index (χ0n) is 9.19. The highest BCUT2D eigenvalue weighted by Crippen LogP contribution is 2.04. The summed E-state index contributed by atoms with van der Waals surface area (Å²) in [6.07, 6.45) is 0.0796. The van der Waals surface area contributed by atoms with Gasteiger partial charge in [-0.15, -0.1) is 11.6 Å². The van der Waals surface area contributed by atoms with Gasteiger partial charge in [0.25, 0.3) is 0 Å². The molecule has 0 saturated heterocycles. The van der Waals surface area contributed by atoms with Gasteiger partial charge in [0.05, 0.1) is 5.38 Å². The molecule has 1 unspecified atom stereocenters. The van der Waals surface area contributed by atoms with Crippen LogP contribution in [0.15, 0.2) is 30.3 Å². The number of alkyl halides is 1. The summed E-state index contributed by atoms with van der Waals surface area (Å²) < 4.78 is 9.73. The first-order chi connectivity index (χ1) is 7.72. The molecule has 1 atom stereocenters. The first kappa shape index (κ1) is 12.8. The summed E-state index contributed by atoms with van der Waals surface area (Å²) in [7, 11) is 0. The number of ether oxygens (including phenoxy) is 2. The third-order valence-corrected chi connectivity index (χ3v) is 2.46. The fraction of sp³-hybridized carbons (Fsp3) is 0.417. The molecule has 88 valence electrons. The molecule has 3 nitrogen and oxygen atoms in total. The fourth-order valence-corrected chi connectivity index (χ4v) is 1.10. The summed E-state index contributed by atoms with van der Waals surface area (Å²) in [5.74, 6) is 0. The van der Waals surface area contributed by atoms with Crippen molar-refractivity contribution in [3.05, 3.63) is 35.9 Å². The van der Waals surface area contributed by atoms with Crippen molar-refractivity contribution in [2.45, 2.75) is 25.3 Å². The largest absolute Gasteiger partial charge is 0.508 e. The molecule has 0 fully saturated rings. The molecule has 1 rings (SSSR count). The van der Waals surface area contributed by atoms with Crippen LogP contribution < -0.4 is 0 Å². The molecule has 4 heteroatoms. The standard InChI is InChI=1S/C12H15ClO3/c1-2-11(13)9-16-12(14)15-8-10-6-4-3-5-7-10/h3-7,11H,2,8-9H2,1H3. The lowest BCUT2D eigenvalue weighted by Gasteiger charge is -2.08. The van der Waals surface area contributed by atoms with Crippen LogP contribution >= 0.6 is 11.6 Å². The van der Waals surface area contributed by atoms with Crippen molar-refractivity contribution in [3.63, 3.8) is 0 Å². The van der Waals surface area contributed by atoms with E-state index in [0.29, 0.717) is 0 Å². The molecule has 0 aliphatic heterocycles. The molecular weight excluding hydrogens is 228 g/mol. The van der Waals surface area contributed by atoms with Crippen LogP contribution in [0.5, 0.6) is 0 Å². The SMILES string of the molecule is CCC(Cl)COC(=O)OCc1ccccc1. The highest BCUT2D eigenvalue weighted by atomic mass is 35.5. The van der Waals surface area contributed by atoms with Crippen LogP contribution in [0.3, 0.4) is 0 Å². The lowest BCUT2D eigenvalue weighted by Crippen LogP contribution is -2.14. The summed E-state index contributed by atoms with van der Waals surface area (Å²) >= 11 is 5.79. The maximum absolute atomic E-state index is 11.1. The number of rotatable bonds is 5. The van der Waals surface area contributed by atoms with Crippen LogP contribution in [0.1, 0.15) is 18.9 Å². The minimum absolute atomic E-state index is 0.149. The van der Waals surface area contributed by atoms with E-state index in [0.717, 1.165) is 12.0 Å². The second kappa shape index (κ2) is 7.12. The van der Waals surface area contributed by atoms with Gasteiger partial charge in [0.2, 0.25) is 0 Å². The molecule has 0 aliphatic rings. The molecule has 0 radical (unpaired) electrons. The van der Waals surface area contributed by atoms with Crippen molar-refractivity contribution >= 4 is 17.8 Å². The molecule has 0 aromatic heterocycles. The molecule has 1 aromatic carbocycles. The van der Waals surface area contributed by atoms with Crippen molar-refractivity contribution in [1.82, 2.24) is 0 Å². The fourth-order valence-electron chi connectivity index (χ4n) is 1.03. The van der Waals surface area contributed by atoms with Crippen molar-refractivity contribution in [3.8, 4) is 0 Å². The monoisotopic (exact) mass is 242 g/mol. The van der Waals surface area contributed by atoms with Gasteiger partial charge in [-0.1, -0.05) is 37.3 Å². The number of carbonyl (C=O) groups excluding carboxylic acids is 1. The van der Waals surface area contributed by atoms with E-state index in [-0.39, 0.29) is 18.6 Å². The van der Waals surface area contributed by atoms with E-state index in [2.05, 4.69) is 0 Å². The first-order valence-corrected chi connectivity index (χ1v) is 5.63. The quantitative estimate of drug-likeness (QED) is 0.587. The van der Waals surface area contributed by atoms with Crippen LogP contribution in [0, 0.1) is 0 Å². The Morgan fingerprint density at radius 3 is 2.62 bits per heavy atom. The van der Waals surface area contributed by atoms with Gasteiger partial charge in [-0.25, -0.2) is 4.79 Å². The zero-order chi connectivity index (χ0) is 11.8. The summed E-state index contributed by atoms with van der Waals surface area (Å²) in [5.41, 5.74) is 0.928. The maximum atomic E-state index is 11.1. The van der Waals surface area contributed by atoms with Crippen LogP contribution in [0.2, 0.25) is 0 Å². The molecule has 0 spiro atoms. The Labute approximate surface area is 100 Å². The van der Waals surface area contributed by atoms with Crippen LogP contribution in [0.25, 0.3) is 0 Å². The van der Waals surface area contributed by atoms with Gasteiger partial charge in [0.1, 0.15) is 13.2 Å². The van der Waals surface area contributed by atoms with Crippen LogP contribution in [-0.2, 0) is 16.1 Å². The molecular formula is C12H15ClO3. The summed E-state index contributed by atoms with van der Waals surface area (Å²) in [4.78, 5) is 11.1. The smallest absolute Gasteiger partial charge is 0.433 e. The minimum atomic E-state index is -0.678. The Kier molecular flexibility index (Phi) is 5.72. The van der Waals surface area contributed by atoms with Gasteiger partial charge < -0.3 is 9.47 Å². The number of benzene rings is 1. The second-order valence-corrected chi connectivity index (χ2v) is 3.96. The predicted octanol–water partition coefficient (Wildman–Crippen LogP) is 3.36. The number of hydrogen-bond acceptors (Lipinski definition) is 3. The van der Waals surface area contributed by atoms with Crippen molar-refractivity contribution in [2.75, 3.05) is 6.61 Å². The molecule has 0 amide bonds. The number of halogens is 1. The average molecular weight is 243 g/mol. The summed E-state index contributed by atoms with van der Waals surface area (Å²) in [6.45, 7) is 2.33. The van der Waals surface area contributed by atoms with E-state index in [4.69, 9.17) is 21.1 Å². The lowest BCUT2D eigenvalue weighted by atomic mass is 10.2. The lowest BCUT2D eigenvalue weighted by molar-refractivity contribution is 0.0497. The van der Waals surface area contributed by atoms with Gasteiger partial charge in [-0.05, 0) is 12.0 Å². The van der Waals surface area contributed by atoms with Gasteiger partial charge in [-0.3, -0.25) is 0 Å². The summed E-state index contributed by atoms with van der Waals surface area (Å²) in [6, 6.07) is 9.43. The Morgan fingerprint density at radius 2 is 2.00 bits per heavy atom. The second-order valence-electron chi connectivity index (χ2n) is 3.34. The van der Waals surface area contributed by atoms with Gasteiger partial charge >= 0.3 is 6.16 Å². The van der Waals surface area contributed by atoms with E-state index < -0.39 is 6.16 Å². The third-order valence-electron chi connectivity index (χ3n) is 2.02. The molecule has 0 bridgehead atoms. The van der Waals surface area contributed by atoms with E-state index in [9.17, 15) is 4.79 Å². The third kappa shape index (κ3) is 5.03. The molecule has 16 heavy (non-hydrogen) atoms.